The van der Waals surface area contributed by atoms with Crippen LogP contribution in [0.2, 0.25) is 0 Å². The summed E-state index contributed by atoms with van der Waals surface area (Å²) in [5.74, 6) is -1.53. The molecule has 0 amide bonds. The molecule has 1 aromatic carbocycles. The smallest absolute Gasteiger partial charge is 0.338 e. The van der Waals surface area contributed by atoms with Gasteiger partial charge in [-0.05, 0) is 19.1 Å². The van der Waals surface area contributed by atoms with Gasteiger partial charge in [0.15, 0.2) is 5.78 Å². The molecule has 2 N–H and O–H groups in total. The van der Waals surface area contributed by atoms with Crippen molar-refractivity contribution in [2.75, 3.05) is 0 Å². The molecule has 100 valence electrons. The van der Waals surface area contributed by atoms with E-state index in [0.717, 1.165) is 0 Å². The molecule has 3 rings (SSSR count). The zero-order chi connectivity index (χ0) is 14.4. The molecule has 5 heteroatoms. The monoisotopic (exact) mass is 269 g/mol. The summed E-state index contributed by atoms with van der Waals surface area (Å²) in [6.45, 7) is 1.39. The quantitative estimate of drug-likeness (QED) is 0.701. The summed E-state index contributed by atoms with van der Waals surface area (Å²) >= 11 is 0. The van der Waals surface area contributed by atoms with Crippen LogP contribution < -0.4 is 0 Å². The summed E-state index contributed by atoms with van der Waals surface area (Å²) in [4.78, 5) is 22.9. The fourth-order valence-corrected chi connectivity index (χ4v) is 2.45. The highest BCUT2D eigenvalue weighted by Crippen LogP contribution is 2.33. The fraction of sp³-hybridized carbons (Fsp3) is 0.0667. The number of fused-ring (bicyclic) bond motifs is 3. The Morgan fingerprint density at radius 3 is 2.55 bits per heavy atom. The molecule has 0 aliphatic rings. The molecule has 0 saturated carbocycles. The van der Waals surface area contributed by atoms with Crippen molar-refractivity contribution in [2.24, 2.45) is 0 Å². The van der Waals surface area contributed by atoms with Crippen molar-refractivity contribution in [3.8, 4) is 5.75 Å². The van der Waals surface area contributed by atoms with Crippen LogP contribution in [0.4, 0.5) is 0 Å². The molecule has 3 aromatic rings. The van der Waals surface area contributed by atoms with Gasteiger partial charge in [-0.2, -0.15) is 0 Å². The van der Waals surface area contributed by atoms with Gasteiger partial charge in [0, 0.05) is 17.1 Å². The normalized spacial score (nSPS) is 11.1. The molecule has 0 atom stereocenters. The fourth-order valence-electron chi connectivity index (χ4n) is 2.45. The van der Waals surface area contributed by atoms with Crippen LogP contribution >= 0.6 is 0 Å². The lowest BCUT2D eigenvalue weighted by molar-refractivity contribution is 0.0700. The zero-order valence-electron chi connectivity index (χ0n) is 10.6. The first-order valence-electron chi connectivity index (χ1n) is 6.00. The number of carboxylic acids is 1. The summed E-state index contributed by atoms with van der Waals surface area (Å²) in [7, 11) is 0. The number of pyridine rings is 1. The van der Waals surface area contributed by atoms with Crippen LogP contribution in [0.25, 0.3) is 16.4 Å². The first kappa shape index (κ1) is 12.2. The van der Waals surface area contributed by atoms with Gasteiger partial charge in [-0.1, -0.05) is 18.2 Å². The van der Waals surface area contributed by atoms with Gasteiger partial charge in [-0.25, -0.2) is 4.79 Å². The van der Waals surface area contributed by atoms with Crippen LogP contribution in [0.15, 0.2) is 36.5 Å². The molecule has 2 heterocycles. The molecule has 20 heavy (non-hydrogen) atoms. The first-order valence-corrected chi connectivity index (χ1v) is 6.00. The van der Waals surface area contributed by atoms with Crippen molar-refractivity contribution in [3.63, 3.8) is 0 Å². The first-order chi connectivity index (χ1) is 9.50. The number of Topliss-reactive ketones (excluding diaryl/α,β-unsaturated/α-hetero) is 1. The highest BCUT2D eigenvalue weighted by atomic mass is 16.4. The Morgan fingerprint density at radius 2 is 1.90 bits per heavy atom. The van der Waals surface area contributed by atoms with Gasteiger partial charge in [0.05, 0.1) is 11.1 Å². The predicted octanol–water partition coefficient (Wildman–Crippen LogP) is 2.70. The highest BCUT2D eigenvalue weighted by Gasteiger charge is 2.21. The zero-order valence-corrected chi connectivity index (χ0v) is 10.6. The molecule has 0 radical (unpaired) electrons. The molecule has 0 aliphatic heterocycles. The van der Waals surface area contributed by atoms with Gasteiger partial charge in [0.25, 0.3) is 0 Å². The number of carboxylic acid groups (broad SMARTS) is 1. The molecule has 0 aliphatic carbocycles. The number of para-hydroxylation sites is 1. The Morgan fingerprint density at radius 1 is 1.20 bits per heavy atom. The summed E-state index contributed by atoms with van der Waals surface area (Å²) in [5.41, 5.74) is 1.20. The number of nitrogens with zero attached hydrogens (tertiary/aromatic N) is 1. The predicted molar refractivity (Wildman–Crippen MR) is 73.5 cm³/mol. The van der Waals surface area contributed by atoms with Crippen molar-refractivity contribution < 1.29 is 19.8 Å². The van der Waals surface area contributed by atoms with Gasteiger partial charge in [0.2, 0.25) is 0 Å². The Labute approximate surface area is 113 Å². The Kier molecular flexibility index (Phi) is 2.50. The molecule has 5 nitrogen and oxygen atoms in total. The second kappa shape index (κ2) is 4.09. The van der Waals surface area contributed by atoms with Crippen molar-refractivity contribution in [3.05, 3.63) is 47.7 Å². The molecule has 0 saturated heterocycles. The Bertz CT molecular complexity index is 876. The summed E-state index contributed by atoms with van der Waals surface area (Å²) < 4.78 is 1.55. The highest BCUT2D eigenvalue weighted by molar-refractivity contribution is 6.12. The number of aromatic carboxylic acids is 1. The third-order valence-electron chi connectivity index (χ3n) is 3.33. The van der Waals surface area contributed by atoms with E-state index >= 15 is 0 Å². The molecule has 2 aromatic heterocycles. The van der Waals surface area contributed by atoms with Gasteiger partial charge < -0.3 is 14.6 Å². The minimum atomic E-state index is -1.12. The Balaban J connectivity index is 2.59. The third kappa shape index (κ3) is 1.56. The number of carbonyl (C=O) groups is 2. The number of hydrogen-bond acceptors (Lipinski definition) is 3. The number of rotatable bonds is 2. The summed E-state index contributed by atoms with van der Waals surface area (Å²) in [6, 6.07) is 8.23. The van der Waals surface area contributed by atoms with E-state index in [0.29, 0.717) is 16.5 Å². The van der Waals surface area contributed by atoms with Gasteiger partial charge in [0.1, 0.15) is 11.3 Å². The van der Waals surface area contributed by atoms with E-state index in [4.69, 9.17) is 0 Å². The van der Waals surface area contributed by atoms with Crippen molar-refractivity contribution in [1.29, 1.82) is 0 Å². The maximum Gasteiger partial charge on any atom is 0.338 e. The van der Waals surface area contributed by atoms with E-state index in [1.807, 2.05) is 0 Å². The molecular weight excluding hydrogens is 258 g/mol. The average Bonchev–Trinajstić information content (AvgIpc) is 2.74. The van der Waals surface area contributed by atoms with E-state index in [1.165, 1.54) is 13.0 Å². The summed E-state index contributed by atoms with van der Waals surface area (Å²) in [5, 5.41) is 20.0. The number of hydrogen-bond donors (Lipinski definition) is 2. The second-order valence-electron chi connectivity index (χ2n) is 4.59. The molecule has 0 bridgehead atoms. The van der Waals surface area contributed by atoms with Crippen molar-refractivity contribution in [1.82, 2.24) is 4.40 Å². The van der Waals surface area contributed by atoms with Crippen LogP contribution in [0.5, 0.6) is 5.75 Å². The van der Waals surface area contributed by atoms with Crippen LogP contribution in [0.1, 0.15) is 27.6 Å². The lowest BCUT2D eigenvalue weighted by Gasteiger charge is -2.04. The number of carbonyl (C=O) groups excluding carboxylic acids is 1. The van der Waals surface area contributed by atoms with E-state index in [-0.39, 0.29) is 22.6 Å². The number of ketones is 1. The van der Waals surface area contributed by atoms with Crippen LogP contribution in [-0.2, 0) is 0 Å². The molecule has 0 fully saturated rings. The maximum atomic E-state index is 11.5. The lowest BCUT2D eigenvalue weighted by atomic mass is 10.1. The average molecular weight is 269 g/mol. The number of aromatic nitrogens is 1. The number of aromatic hydroxyl groups is 1. The van der Waals surface area contributed by atoms with Crippen molar-refractivity contribution >= 4 is 28.2 Å². The van der Waals surface area contributed by atoms with Crippen LogP contribution in [-0.4, -0.2) is 26.4 Å². The number of benzene rings is 1. The van der Waals surface area contributed by atoms with E-state index < -0.39 is 5.97 Å². The third-order valence-corrected chi connectivity index (χ3v) is 3.33. The van der Waals surface area contributed by atoms with Crippen LogP contribution in [0, 0.1) is 0 Å². The largest absolute Gasteiger partial charge is 0.506 e. The minimum absolute atomic E-state index is 0.0354. The second-order valence-corrected chi connectivity index (χ2v) is 4.59. The molecule has 0 spiro atoms. The molecular formula is C15H11NO4. The standard InChI is InChI=1S/C15H11NO4/c1-8(17)9-6-12(18)14-13(15(19)20)10-4-2-3-5-11(10)16(14)7-9/h2-7,18H,1H3,(H,19,20). The minimum Gasteiger partial charge on any atom is -0.506 e. The maximum absolute atomic E-state index is 11.5. The topological polar surface area (TPSA) is 79.0 Å². The van der Waals surface area contributed by atoms with Crippen LogP contribution in [0.3, 0.4) is 0 Å². The lowest BCUT2D eigenvalue weighted by Crippen LogP contribution is -1.99. The van der Waals surface area contributed by atoms with Gasteiger partial charge >= 0.3 is 5.97 Å². The molecule has 0 unspecified atom stereocenters. The van der Waals surface area contributed by atoms with E-state index in [9.17, 15) is 19.8 Å². The van der Waals surface area contributed by atoms with Gasteiger partial charge in [-0.15, -0.1) is 0 Å². The van der Waals surface area contributed by atoms with Gasteiger partial charge in [-0.3, -0.25) is 4.79 Å². The van der Waals surface area contributed by atoms with E-state index in [1.54, 1.807) is 34.9 Å². The summed E-state index contributed by atoms with van der Waals surface area (Å²) in [6.07, 6.45) is 1.55. The van der Waals surface area contributed by atoms with E-state index in [2.05, 4.69) is 0 Å². The SMILES string of the molecule is CC(=O)c1cc(O)c2c(C(=O)O)c3ccccc3n2c1. The van der Waals surface area contributed by atoms with Crippen molar-refractivity contribution in [2.45, 2.75) is 6.92 Å². The Hall–Kier alpha value is -2.82.